The predicted molar refractivity (Wildman–Crippen MR) is 49.1 cm³/mol. The van der Waals surface area contributed by atoms with Crippen molar-refractivity contribution in [2.24, 2.45) is 5.73 Å². The van der Waals surface area contributed by atoms with E-state index in [4.69, 9.17) is 10.5 Å². The van der Waals surface area contributed by atoms with Crippen molar-refractivity contribution >= 4 is 21.8 Å². The molecule has 1 aromatic carbocycles. The van der Waals surface area contributed by atoms with Crippen molar-refractivity contribution in [1.29, 1.82) is 0 Å². The Morgan fingerprint density at radius 1 is 1.57 bits per heavy atom. The van der Waals surface area contributed by atoms with Crippen molar-refractivity contribution in [3.05, 3.63) is 27.7 Å². The van der Waals surface area contributed by atoms with Crippen molar-refractivity contribution in [2.45, 2.75) is 0 Å². The molecule has 2 N–H and O–H groups in total. The zero-order chi connectivity index (χ0) is 10.9. The minimum absolute atomic E-state index is 0.114. The molecule has 0 spiro atoms. The van der Waals surface area contributed by atoms with E-state index < -0.39 is 23.1 Å². The number of methoxy groups -OCH3 is 1. The summed E-state index contributed by atoms with van der Waals surface area (Å²) in [6, 6.07) is 0.862. The van der Waals surface area contributed by atoms with E-state index in [-0.39, 0.29) is 10.2 Å². The summed E-state index contributed by atoms with van der Waals surface area (Å²) in [6.45, 7) is 0. The minimum atomic E-state index is -1.31. The molecule has 3 nitrogen and oxygen atoms in total. The van der Waals surface area contributed by atoms with Gasteiger partial charge in [0, 0.05) is 0 Å². The van der Waals surface area contributed by atoms with Crippen molar-refractivity contribution < 1.29 is 18.3 Å². The number of nitrogens with two attached hydrogens (primary N) is 1. The Hall–Kier alpha value is -1.17. The third-order valence-electron chi connectivity index (χ3n) is 1.58. The zero-order valence-electron chi connectivity index (χ0n) is 7.11. The third kappa shape index (κ3) is 1.70. The molecule has 0 fully saturated rings. The van der Waals surface area contributed by atoms with Crippen LogP contribution in [0.4, 0.5) is 8.78 Å². The smallest absolute Gasteiger partial charge is 0.255 e. The molecule has 0 aliphatic heterocycles. The van der Waals surface area contributed by atoms with Crippen molar-refractivity contribution in [1.82, 2.24) is 0 Å². The molecule has 0 bridgehead atoms. The van der Waals surface area contributed by atoms with Crippen LogP contribution in [0.15, 0.2) is 10.5 Å². The first-order valence-electron chi connectivity index (χ1n) is 3.50. The zero-order valence-corrected chi connectivity index (χ0v) is 8.69. The number of halogens is 3. The molecule has 0 heterocycles. The molecule has 76 valence electrons. The Kier molecular flexibility index (Phi) is 3.05. The molecular formula is C8H6BrF2NO2. The molecular weight excluding hydrogens is 260 g/mol. The highest BCUT2D eigenvalue weighted by Gasteiger charge is 2.21. The highest BCUT2D eigenvalue weighted by molar-refractivity contribution is 9.10. The standard InChI is InChI=1S/C8H6BrF2NO2/c1-14-7-3(9)2-4(10)6(11)5(7)8(12)13/h2H,1H3,(H2,12,13). The summed E-state index contributed by atoms with van der Waals surface area (Å²) in [4.78, 5) is 10.8. The minimum Gasteiger partial charge on any atom is -0.495 e. The summed E-state index contributed by atoms with van der Waals surface area (Å²) in [6.07, 6.45) is 0. The molecule has 0 aliphatic carbocycles. The largest absolute Gasteiger partial charge is 0.495 e. The first-order chi connectivity index (χ1) is 6.49. The maximum absolute atomic E-state index is 13.1. The van der Waals surface area contributed by atoms with Gasteiger partial charge in [0.05, 0.1) is 11.6 Å². The Labute approximate surface area is 87.0 Å². The van der Waals surface area contributed by atoms with Gasteiger partial charge in [0.1, 0.15) is 11.3 Å². The number of amides is 1. The number of carbonyl (C=O) groups is 1. The maximum atomic E-state index is 13.1. The summed E-state index contributed by atoms with van der Waals surface area (Å²) < 4.78 is 30.8. The van der Waals surface area contributed by atoms with Gasteiger partial charge in [0.2, 0.25) is 0 Å². The predicted octanol–water partition coefficient (Wildman–Crippen LogP) is 1.83. The monoisotopic (exact) mass is 265 g/mol. The van der Waals surface area contributed by atoms with Crippen LogP contribution in [0.1, 0.15) is 10.4 Å². The van der Waals surface area contributed by atoms with Crippen LogP contribution < -0.4 is 10.5 Å². The van der Waals surface area contributed by atoms with Crippen LogP contribution >= 0.6 is 15.9 Å². The van der Waals surface area contributed by atoms with Crippen molar-refractivity contribution in [3.8, 4) is 5.75 Å². The van der Waals surface area contributed by atoms with E-state index in [0.717, 1.165) is 6.07 Å². The average Bonchev–Trinajstić information content (AvgIpc) is 2.10. The lowest BCUT2D eigenvalue weighted by Crippen LogP contribution is -2.16. The molecule has 0 aliphatic rings. The maximum Gasteiger partial charge on any atom is 0.255 e. The number of hydrogen-bond acceptors (Lipinski definition) is 2. The SMILES string of the molecule is COc1c(Br)cc(F)c(F)c1C(N)=O. The second-order valence-corrected chi connectivity index (χ2v) is 3.28. The van der Waals surface area contributed by atoms with Crippen LogP contribution in [0.3, 0.4) is 0 Å². The van der Waals surface area contributed by atoms with Gasteiger partial charge in [0.15, 0.2) is 11.6 Å². The first-order valence-corrected chi connectivity index (χ1v) is 4.29. The lowest BCUT2D eigenvalue weighted by atomic mass is 10.1. The molecule has 1 amide bonds. The summed E-state index contributed by atoms with van der Waals surface area (Å²) in [5.74, 6) is -3.67. The number of rotatable bonds is 2. The molecule has 6 heteroatoms. The summed E-state index contributed by atoms with van der Waals surface area (Å²) >= 11 is 2.92. The van der Waals surface area contributed by atoms with E-state index in [1.165, 1.54) is 7.11 Å². The Balaban J connectivity index is 3.56. The molecule has 14 heavy (non-hydrogen) atoms. The van der Waals surface area contributed by atoms with E-state index >= 15 is 0 Å². The Morgan fingerprint density at radius 2 is 2.14 bits per heavy atom. The van der Waals surface area contributed by atoms with Gasteiger partial charge in [-0.2, -0.15) is 0 Å². The highest BCUT2D eigenvalue weighted by atomic mass is 79.9. The molecule has 1 aromatic rings. The van der Waals surface area contributed by atoms with Gasteiger partial charge in [-0.25, -0.2) is 8.78 Å². The number of hydrogen-bond donors (Lipinski definition) is 1. The lowest BCUT2D eigenvalue weighted by Gasteiger charge is -2.09. The van der Waals surface area contributed by atoms with Gasteiger partial charge < -0.3 is 10.5 Å². The number of ether oxygens (including phenoxy) is 1. The molecule has 0 saturated heterocycles. The first kappa shape index (κ1) is 10.9. The topological polar surface area (TPSA) is 52.3 Å². The van der Waals surface area contributed by atoms with Crippen LogP contribution in [-0.2, 0) is 0 Å². The van der Waals surface area contributed by atoms with Gasteiger partial charge in [-0.15, -0.1) is 0 Å². The summed E-state index contributed by atoms with van der Waals surface area (Å²) in [7, 11) is 1.23. The third-order valence-corrected chi connectivity index (χ3v) is 2.17. The fourth-order valence-corrected chi connectivity index (χ4v) is 1.56. The number of primary amides is 1. The van der Waals surface area contributed by atoms with Crippen molar-refractivity contribution in [3.63, 3.8) is 0 Å². The average molecular weight is 266 g/mol. The van der Waals surface area contributed by atoms with Crippen LogP contribution in [-0.4, -0.2) is 13.0 Å². The number of carbonyl (C=O) groups excluding carboxylic acids is 1. The van der Waals surface area contributed by atoms with Crippen LogP contribution in [0.2, 0.25) is 0 Å². The van der Waals surface area contributed by atoms with E-state index in [0.29, 0.717) is 0 Å². The quantitative estimate of drug-likeness (QED) is 0.830. The van der Waals surface area contributed by atoms with E-state index in [1.807, 2.05) is 0 Å². The van der Waals surface area contributed by atoms with E-state index in [2.05, 4.69) is 15.9 Å². The second-order valence-electron chi connectivity index (χ2n) is 2.43. The van der Waals surface area contributed by atoms with Gasteiger partial charge >= 0.3 is 0 Å². The molecule has 0 atom stereocenters. The summed E-state index contributed by atoms with van der Waals surface area (Å²) in [5, 5.41) is 0. The van der Waals surface area contributed by atoms with Crippen molar-refractivity contribution in [2.75, 3.05) is 7.11 Å². The fourth-order valence-electron chi connectivity index (χ4n) is 0.998. The van der Waals surface area contributed by atoms with E-state index in [1.54, 1.807) is 0 Å². The number of benzene rings is 1. The van der Waals surface area contributed by atoms with Gasteiger partial charge in [-0.3, -0.25) is 4.79 Å². The molecule has 0 radical (unpaired) electrons. The molecule has 0 unspecified atom stereocenters. The van der Waals surface area contributed by atoms with E-state index in [9.17, 15) is 13.6 Å². The van der Waals surface area contributed by atoms with Gasteiger partial charge in [-0.1, -0.05) is 0 Å². The molecule has 0 saturated carbocycles. The lowest BCUT2D eigenvalue weighted by molar-refractivity contribution is 0.0992. The second kappa shape index (κ2) is 3.91. The Bertz CT molecular complexity index is 395. The van der Waals surface area contributed by atoms with Crippen LogP contribution in [0.25, 0.3) is 0 Å². The fraction of sp³-hybridized carbons (Fsp3) is 0.125. The molecule has 1 rings (SSSR count). The Morgan fingerprint density at radius 3 is 2.57 bits per heavy atom. The molecule has 0 aromatic heterocycles. The highest BCUT2D eigenvalue weighted by Crippen LogP contribution is 2.32. The van der Waals surface area contributed by atoms with Gasteiger partial charge in [-0.05, 0) is 22.0 Å². The summed E-state index contributed by atoms with van der Waals surface area (Å²) in [5.41, 5.74) is 4.28. The van der Waals surface area contributed by atoms with Crippen LogP contribution in [0.5, 0.6) is 5.75 Å². The normalized spacial score (nSPS) is 10.0. The van der Waals surface area contributed by atoms with Gasteiger partial charge in [0.25, 0.3) is 5.91 Å². The van der Waals surface area contributed by atoms with Crippen LogP contribution in [0, 0.1) is 11.6 Å².